The fourth-order valence-corrected chi connectivity index (χ4v) is 2.82. The Morgan fingerprint density at radius 3 is 2.48 bits per heavy atom. The van der Waals surface area contributed by atoms with E-state index in [0.717, 1.165) is 38.3 Å². The molecule has 2 aromatic rings. The predicted octanol–water partition coefficient (Wildman–Crippen LogP) is 2.64. The largest absolute Gasteiger partial charge is 0.484 e. The smallest absolute Gasteiger partial charge is 0.258 e. The third kappa shape index (κ3) is 7.86. The quantitative estimate of drug-likeness (QED) is 0.428. The molecule has 29 heavy (non-hydrogen) atoms. The van der Waals surface area contributed by atoms with Crippen molar-refractivity contribution in [2.45, 2.75) is 38.8 Å². The van der Waals surface area contributed by atoms with E-state index < -0.39 is 0 Å². The molecule has 0 atom stereocenters. The number of carbonyl (C=O) groups is 1. The fourth-order valence-electron chi connectivity index (χ4n) is 2.82. The normalized spacial score (nSPS) is 13.6. The van der Waals surface area contributed by atoms with Crippen molar-refractivity contribution in [2.24, 2.45) is 4.99 Å². The Hall–Kier alpha value is -3.02. The zero-order valence-corrected chi connectivity index (χ0v) is 17.0. The lowest BCUT2D eigenvalue weighted by atomic mass is 10.1. The van der Waals surface area contributed by atoms with Gasteiger partial charge in [-0.15, -0.1) is 0 Å². The number of hydrogen-bond acceptors (Lipinski definition) is 3. The maximum absolute atomic E-state index is 11.7. The highest BCUT2D eigenvalue weighted by atomic mass is 16.5. The summed E-state index contributed by atoms with van der Waals surface area (Å²) in [7, 11) is 0. The van der Waals surface area contributed by atoms with Crippen LogP contribution in [0.2, 0.25) is 0 Å². The topological polar surface area (TPSA) is 74.8 Å². The Morgan fingerprint density at radius 2 is 1.79 bits per heavy atom. The molecule has 1 aliphatic rings. The van der Waals surface area contributed by atoms with E-state index in [9.17, 15) is 4.79 Å². The van der Waals surface area contributed by atoms with Crippen LogP contribution < -0.4 is 20.7 Å². The van der Waals surface area contributed by atoms with E-state index in [1.165, 1.54) is 11.1 Å². The molecule has 154 valence electrons. The van der Waals surface area contributed by atoms with E-state index in [-0.39, 0.29) is 12.5 Å². The Bertz CT molecular complexity index is 786. The molecule has 3 rings (SSSR count). The molecule has 1 aliphatic carbocycles. The second-order valence-electron chi connectivity index (χ2n) is 7.13. The predicted molar refractivity (Wildman–Crippen MR) is 116 cm³/mol. The summed E-state index contributed by atoms with van der Waals surface area (Å²) in [5.74, 6) is 1.48. The number of hydrogen-bond donors (Lipinski definition) is 3. The van der Waals surface area contributed by atoms with Gasteiger partial charge < -0.3 is 20.7 Å². The average molecular weight is 395 g/mol. The first kappa shape index (κ1) is 20.7. The Balaban J connectivity index is 1.40. The zero-order chi connectivity index (χ0) is 20.3. The Kier molecular flexibility index (Phi) is 7.92. The third-order valence-electron chi connectivity index (χ3n) is 4.55. The van der Waals surface area contributed by atoms with Crippen LogP contribution in [0.15, 0.2) is 59.6 Å². The summed E-state index contributed by atoms with van der Waals surface area (Å²) in [5, 5.41) is 9.56. The molecule has 0 aromatic heterocycles. The zero-order valence-electron chi connectivity index (χ0n) is 17.0. The summed E-state index contributed by atoms with van der Waals surface area (Å²) >= 11 is 0. The SMILES string of the molecule is CCNC(=NCc1ccccc1)NCCc1ccc(OCC(=O)NC2CC2)cc1. The highest BCUT2D eigenvalue weighted by Crippen LogP contribution is 2.18. The molecule has 1 saturated carbocycles. The number of nitrogens with one attached hydrogen (secondary N) is 3. The number of rotatable bonds is 10. The van der Waals surface area contributed by atoms with Gasteiger partial charge in [-0.05, 0) is 49.4 Å². The van der Waals surface area contributed by atoms with Gasteiger partial charge in [0.15, 0.2) is 12.6 Å². The van der Waals surface area contributed by atoms with Crippen LogP contribution in [-0.4, -0.2) is 37.6 Å². The number of amides is 1. The highest BCUT2D eigenvalue weighted by Gasteiger charge is 2.23. The molecule has 0 radical (unpaired) electrons. The second-order valence-corrected chi connectivity index (χ2v) is 7.13. The standard InChI is InChI=1S/C23H30N4O2/c1-2-24-23(26-16-19-6-4-3-5-7-19)25-15-14-18-8-12-21(13-9-18)29-17-22(28)27-20-10-11-20/h3-9,12-13,20H,2,10-11,14-17H2,1H3,(H,27,28)(H2,24,25,26). The van der Waals surface area contributed by atoms with Crippen LogP contribution in [0.1, 0.15) is 30.9 Å². The second kappa shape index (κ2) is 11.1. The molecular weight excluding hydrogens is 364 g/mol. The van der Waals surface area contributed by atoms with E-state index in [1.807, 2.05) is 42.5 Å². The van der Waals surface area contributed by atoms with Crippen molar-refractivity contribution in [2.75, 3.05) is 19.7 Å². The molecule has 6 nitrogen and oxygen atoms in total. The van der Waals surface area contributed by atoms with Gasteiger partial charge in [-0.2, -0.15) is 0 Å². The van der Waals surface area contributed by atoms with Crippen molar-refractivity contribution in [3.05, 3.63) is 65.7 Å². The van der Waals surface area contributed by atoms with Gasteiger partial charge in [-0.1, -0.05) is 42.5 Å². The summed E-state index contributed by atoms with van der Waals surface area (Å²) < 4.78 is 5.54. The van der Waals surface area contributed by atoms with Gasteiger partial charge in [0.1, 0.15) is 5.75 Å². The van der Waals surface area contributed by atoms with Gasteiger partial charge in [0.2, 0.25) is 0 Å². The van der Waals surface area contributed by atoms with E-state index in [1.54, 1.807) is 0 Å². The van der Waals surface area contributed by atoms with Crippen molar-refractivity contribution in [3.8, 4) is 5.75 Å². The van der Waals surface area contributed by atoms with Crippen LogP contribution in [-0.2, 0) is 17.8 Å². The number of nitrogens with zero attached hydrogens (tertiary/aromatic N) is 1. The first-order chi connectivity index (χ1) is 14.2. The first-order valence-electron chi connectivity index (χ1n) is 10.3. The van der Waals surface area contributed by atoms with E-state index in [2.05, 4.69) is 40.0 Å². The van der Waals surface area contributed by atoms with Crippen LogP contribution in [0.5, 0.6) is 5.75 Å². The number of carbonyl (C=O) groups excluding carboxylic acids is 1. The molecule has 6 heteroatoms. The molecule has 2 aromatic carbocycles. The highest BCUT2D eigenvalue weighted by molar-refractivity contribution is 5.79. The van der Waals surface area contributed by atoms with Crippen LogP contribution in [0, 0.1) is 0 Å². The summed E-state index contributed by atoms with van der Waals surface area (Å²) in [6.07, 6.45) is 3.04. The van der Waals surface area contributed by atoms with Gasteiger partial charge in [0.05, 0.1) is 6.54 Å². The van der Waals surface area contributed by atoms with Gasteiger partial charge in [-0.3, -0.25) is 4.79 Å². The molecule has 1 amide bonds. The van der Waals surface area contributed by atoms with Crippen molar-refractivity contribution < 1.29 is 9.53 Å². The first-order valence-corrected chi connectivity index (χ1v) is 10.3. The number of benzene rings is 2. The van der Waals surface area contributed by atoms with Gasteiger partial charge in [0.25, 0.3) is 5.91 Å². The average Bonchev–Trinajstić information content (AvgIpc) is 3.56. The molecular formula is C23H30N4O2. The van der Waals surface area contributed by atoms with Crippen molar-refractivity contribution in [1.82, 2.24) is 16.0 Å². The van der Waals surface area contributed by atoms with Crippen molar-refractivity contribution in [1.29, 1.82) is 0 Å². The molecule has 3 N–H and O–H groups in total. The summed E-state index contributed by atoms with van der Waals surface area (Å²) in [5.41, 5.74) is 2.39. The lowest BCUT2D eigenvalue weighted by molar-refractivity contribution is -0.123. The number of guanidine groups is 1. The minimum Gasteiger partial charge on any atom is -0.484 e. The third-order valence-corrected chi connectivity index (χ3v) is 4.55. The molecule has 1 fully saturated rings. The van der Waals surface area contributed by atoms with Crippen LogP contribution in [0.3, 0.4) is 0 Å². The maximum atomic E-state index is 11.7. The van der Waals surface area contributed by atoms with Crippen LogP contribution >= 0.6 is 0 Å². The van der Waals surface area contributed by atoms with Crippen LogP contribution in [0.25, 0.3) is 0 Å². The monoisotopic (exact) mass is 394 g/mol. The minimum atomic E-state index is -0.0495. The van der Waals surface area contributed by atoms with Crippen molar-refractivity contribution in [3.63, 3.8) is 0 Å². The lowest BCUT2D eigenvalue weighted by Gasteiger charge is -2.12. The molecule has 0 saturated heterocycles. The van der Waals surface area contributed by atoms with E-state index in [0.29, 0.717) is 18.3 Å². The molecule has 0 unspecified atom stereocenters. The molecule has 0 spiro atoms. The number of ether oxygens (including phenoxy) is 1. The van der Waals surface area contributed by atoms with Gasteiger partial charge in [-0.25, -0.2) is 4.99 Å². The Labute approximate surface area is 172 Å². The van der Waals surface area contributed by atoms with E-state index >= 15 is 0 Å². The van der Waals surface area contributed by atoms with Gasteiger partial charge in [0, 0.05) is 19.1 Å². The van der Waals surface area contributed by atoms with Gasteiger partial charge >= 0.3 is 0 Å². The lowest BCUT2D eigenvalue weighted by Crippen LogP contribution is -2.38. The minimum absolute atomic E-state index is 0.0495. The summed E-state index contributed by atoms with van der Waals surface area (Å²) in [4.78, 5) is 16.3. The van der Waals surface area contributed by atoms with E-state index in [4.69, 9.17) is 4.74 Å². The molecule has 0 heterocycles. The molecule has 0 aliphatic heterocycles. The Morgan fingerprint density at radius 1 is 1.03 bits per heavy atom. The maximum Gasteiger partial charge on any atom is 0.258 e. The van der Waals surface area contributed by atoms with Crippen molar-refractivity contribution >= 4 is 11.9 Å². The summed E-state index contributed by atoms with van der Waals surface area (Å²) in [6, 6.07) is 18.5. The fraction of sp³-hybridized carbons (Fsp3) is 0.391. The molecule has 0 bridgehead atoms. The number of aliphatic imine (C=N–C) groups is 1. The summed E-state index contributed by atoms with van der Waals surface area (Å²) in [6.45, 7) is 4.38. The van der Waals surface area contributed by atoms with Crippen LogP contribution in [0.4, 0.5) is 0 Å².